The molecule has 1 unspecified atom stereocenters. The van der Waals surface area contributed by atoms with Gasteiger partial charge in [-0.05, 0) is 17.7 Å². The van der Waals surface area contributed by atoms with E-state index in [-0.39, 0.29) is 11.9 Å². The van der Waals surface area contributed by atoms with E-state index in [2.05, 4.69) is 4.98 Å². The van der Waals surface area contributed by atoms with Gasteiger partial charge in [-0.25, -0.2) is 9.37 Å². The molecule has 1 atom stereocenters. The lowest BCUT2D eigenvalue weighted by molar-refractivity contribution is 0.623. The highest BCUT2D eigenvalue weighted by atomic mass is 32.1. The van der Waals surface area contributed by atoms with Crippen LogP contribution in [0.15, 0.2) is 35.2 Å². The van der Waals surface area contributed by atoms with Crippen LogP contribution in [0.1, 0.15) is 17.3 Å². The first-order valence-electron chi connectivity index (χ1n) is 4.16. The van der Waals surface area contributed by atoms with Gasteiger partial charge in [0.25, 0.3) is 0 Å². The number of hydrogen-bond acceptors (Lipinski definition) is 3. The van der Waals surface area contributed by atoms with Crippen molar-refractivity contribution in [3.63, 3.8) is 0 Å². The second-order valence-electron chi connectivity index (χ2n) is 2.95. The van der Waals surface area contributed by atoms with Crippen molar-refractivity contribution in [1.82, 2.24) is 4.98 Å². The largest absolute Gasteiger partial charge is 0.319 e. The van der Waals surface area contributed by atoms with E-state index in [0.717, 1.165) is 11.3 Å². The predicted octanol–water partition coefficient (Wildman–Crippen LogP) is 2.33. The van der Waals surface area contributed by atoms with E-state index in [1.807, 2.05) is 5.38 Å². The van der Waals surface area contributed by atoms with Gasteiger partial charge in [-0.15, -0.1) is 11.3 Å². The van der Waals surface area contributed by atoms with Crippen molar-refractivity contribution in [3.05, 3.63) is 52.2 Å². The van der Waals surface area contributed by atoms with Crippen molar-refractivity contribution < 1.29 is 4.39 Å². The summed E-state index contributed by atoms with van der Waals surface area (Å²) in [5.41, 5.74) is 9.15. The van der Waals surface area contributed by atoms with Crippen LogP contribution < -0.4 is 5.73 Å². The molecule has 1 heterocycles. The SMILES string of the molecule is NC(c1cccc(F)c1)c1cscn1. The average molecular weight is 208 g/mol. The summed E-state index contributed by atoms with van der Waals surface area (Å²) in [6.07, 6.45) is 0. The van der Waals surface area contributed by atoms with Crippen LogP contribution in [0.25, 0.3) is 0 Å². The minimum Gasteiger partial charge on any atom is -0.319 e. The van der Waals surface area contributed by atoms with Gasteiger partial charge in [-0.1, -0.05) is 12.1 Å². The molecule has 0 saturated carbocycles. The molecule has 4 heteroatoms. The minimum atomic E-state index is -0.336. The summed E-state index contributed by atoms with van der Waals surface area (Å²) in [6.45, 7) is 0. The number of thiazole rings is 1. The number of nitrogens with zero attached hydrogens (tertiary/aromatic N) is 1. The van der Waals surface area contributed by atoms with Crippen LogP contribution in [0, 0.1) is 5.82 Å². The number of rotatable bonds is 2. The molecule has 0 spiro atoms. The van der Waals surface area contributed by atoms with Crippen LogP contribution >= 0.6 is 11.3 Å². The van der Waals surface area contributed by atoms with Crippen LogP contribution in [0.3, 0.4) is 0 Å². The van der Waals surface area contributed by atoms with E-state index in [0.29, 0.717) is 0 Å². The van der Waals surface area contributed by atoms with Gasteiger partial charge < -0.3 is 5.73 Å². The lowest BCUT2D eigenvalue weighted by Gasteiger charge is -2.08. The maximum atomic E-state index is 12.9. The van der Waals surface area contributed by atoms with Gasteiger partial charge in [0.05, 0.1) is 17.2 Å². The van der Waals surface area contributed by atoms with E-state index in [9.17, 15) is 4.39 Å². The highest BCUT2D eigenvalue weighted by Crippen LogP contribution is 2.19. The minimum absolute atomic E-state index is 0.270. The molecule has 72 valence electrons. The van der Waals surface area contributed by atoms with E-state index >= 15 is 0 Å². The molecular formula is C10H9FN2S. The average Bonchev–Trinajstić information content (AvgIpc) is 2.69. The topological polar surface area (TPSA) is 38.9 Å². The molecule has 1 aromatic carbocycles. The fraction of sp³-hybridized carbons (Fsp3) is 0.100. The molecular weight excluding hydrogens is 199 g/mol. The number of hydrogen-bond donors (Lipinski definition) is 1. The van der Waals surface area contributed by atoms with Crippen LogP contribution in [-0.4, -0.2) is 4.98 Å². The monoisotopic (exact) mass is 208 g/mol. The molecule has 0 amide bonds. The zero-order chi connectivity index (χ0) is 9.97. The fourth-order valence-electron chi connectivity index (χ4n) is 1.25. The quantitative estimate of drug-likeness (QED) is 0.822. The predicted molar refractivity (Wildman–Crippen MR) is 54.5 cm³/mol. The Hall–Kier alpha value is -1.26. The van der Waals surface area contributed by atoms with Crippen molar-refractivity contribution >= 4 is 11.3 Å². The molecule has 2 N–H and O–H groups in total. The first-order valence-corrected chi connectivity index (χ1v) is 5.11. The molecule has 1 aromatic heterocycles. The van der Waals surface area contributed by atoms with Crippen LogP contribution in [0.2, 0.25) is 0 Å². The molecule has 0 bridgehead atoms. The standard InChI is InChI=1S/C10H9FN2S/c11-8-3-1-2-7(4-8)10(12)9-5-14-6-13-9/h1-6,10H,12H2. The normalized spacial score (nSPS) is 12.7. The molecule has 2 aromatic rings. The third-order valence-corrected chi connectivity index (χ3v) is 2.58. The Morgan fingerprint density at radius 3 is 2.93 bits per heavy atom. The number of aromatic nitrogens is 1. The van der Waals surface area contributed by atoms with Crippen molar-refractivity contribution in [2.24, 2.45) is 5.73 Å². The molecule has 2 rings (SSSR count). The molecule has 0 fully saturated rings. The highest BCUT2D eigenvalue weighted by molar-refractivity contribution is 7.07. The molecule has 0 radical (unpaired) electrons. The van der Waals surface area contributed by atoms with Crippen LogP contribution in [0.4, 0.5) is 4.39 Å². The highest BCUT2D eigenvalue weighted by Gasteiger charge is 2.10. The van der Waals surface area contributed by atoms with E-state index in [4.69, 9.17) is 5.73 Å². The fourth-order valence-corrected chi connectivity index (χ4v) is 1.84. The van der Waals surface area contributed by atoms with Gasteiger partial charge in [0, 0.05) is 5.38 Å². The summed E-state index contributed by atoms with van der Waals surface area (Å²) in [6, 6.07) is 5.95. The van der Waals surface area contributed by atoms with Gasteiger partial charge in [-0.2, -0.15) is 0 Å². The second kappa shape index (κ2) is 3.86. The van der Waals surface area contributed by atoms with Gasteiger partial charge >= 0.3 is 0 Å². The molecule has 0 aliphatic carbocycles. The Labute approximate surface area is 85.2 Å². The molecule has 2 nitrogen and oxygen atoms in total. The summed E-state index contributed by atoms with van der Waals surface area (Å²) in [5, 5.41) is 1.87. The van der Waals surface area contributed by atoms with Crippen molar-refractivity contribution in [2.45, 2.75) is 6.04 Å². The second-order valence-corrected chi connectivity index (χ2v) is 3.66. The Morgan fingerprint density at radius 2 is 2.29 bits per heavy atom. The molecule has 14 heavy (non-hydrogen) atoms. The smallest absolute Gasteiger partial charge is 0.123 e. The Balaban J connectivity index is 2.32. The Bertz CT molecular complexity index is 414. The molecule has 0 aliphatic heterocycles. The number of benzene rings is 1. The van der Waals surface area contributed by atoms with Gasteiger partial charge in [0.15, 0.2) is 0 Å². The van der Waals surface area contributed by atoms with E-state index in [1.54, 1.807) is 17.6 Å². The Morgan fingerprint density at radius 1 is 1.43 bits per heavy atom. The third-order valence-electron chi connectivity index (χ3n) is 1.98. The lowest BCUT2D eigenvalue weighted by atomic mass is 10.1. The van der Waals surface area contributed by atoms with E-state index < -0.39 is 0 Å². The lowest BCUT2D eigenvalue weighted by Crippen LogP contribution is -2.12. The van der Waals surface area contributed by atoms with Gasteiger partial charge in [0.1, 0.15) is 5.82 Å². The summed E-state index contributed by atoms with van der Waals surface area (Å²) >= 11 is 1.48. The zero-order valence-corrected chi connectivity index (χ0v) is 8.17. The summed E-state index contributed by atoms with van der Waals surface area (Å²) in [7, 11) is 0. The maximum absolute atomic E-state index is 12.9. The van der Waals surface area contributed by atoms with Crippen molar-refractivity contribution in [2.75, 3.05) is 0 Å². The van der Waals surface area contributed by atoms with Gasteiger partial charge in [-0.3, -0.25) is 0 Å². The summed E-state index contributed by atoms with van der Waals surface area (Å²) in [5.74, 6) is -0.270. The Kier molecular flexibility index (Phi) is 2.56. The van der Waals surface area contributed by atoms with E-state index in [1.165, 1.54) is 23.5 Å². The number of nitrogens with two attached hydrogens (primary N) is 1. The van der Waals surface area contributed by atoms with Crippen LogP contribution in [-0.2, 0) is 0 Å². The summed E-state index contributed by atoms with van der Waals surface area (Å²) in [4.78, 5) is 4.09. The molecule has 0 aliphatic rings. The first kappa shape index (κ1) is 9.30. The maximum Gasteiger partial charge on any atom is 0.123 e. The number of halogens is 1. The van der Waals surface area contributed by atoms with Crippen molar-refractivity contribution in [1.29, 1.82) is 0 Å². The van der Waals surface area contributed by atoms with Gasteiger partial charge in [0.2, 0.25) is 0 Å². The van der Waals surface area contributed by atoms with Crippen LogP contribution in [0.5, 0.6) is 0 Å². The first-order chi connectivity index (χ1) is 6.77. The third kappa shape index (κ3) is 1.81. The summed E-state index contributed by atoms with van der Waals surface area (Å²) < 4.78 is 12.9. The van der Waals surface area contributed by atoms with Crippen molar-refractivity contribution in [3.8, 4) is 0 Å². The zero-order valence-electron chi connectivity index (χ0n) is 7.35. The molecule has 0 saturated heterocycles.